The molecule has 0 saturated carbocycles. The van der Waals surface area contributed by atoms with Crippen molar-refractivity contribution in [1.82, 2.24) is 10.2 Å². The molecule has 0 aliphatic carbocycles. The van der Waals surface area contributed by atoms with Crippen LogP contribution >= 0.6 is 0 Å². The van der Waals surface area contributed by atoms with Crippen molar-refractivity contribution in [3.05, 3.63) is 101 Å². The predicted octanol–water partition coefficient (Wildman–Crippen LogP) is 5.76. The highest BCUT2D eigenvalue weighted by Crippen LogP contribution is 2.22. The molecule has 0 bridgehead atoms. The minimum absolute atomic E-state index is 0.0385. The minimum atomic E-state index is -0.436. The van der Waals surface area contributed by atoms with Crippen LogP contribution in [0.2, 0.25) is 0 Å². The van der Waals surface area contributed by atoms with Crippen LogP contribution in [0.5, 0.6) is 0 Å². The number of rotatable bonds is 8. The van der Waals surface area contributed by atoms with E-state index in [9.17, 15) is 4.79 Å². The SMILES string of the molecule is Cc1ccc(C)c(NC(=O)[C@H](NCc2ccccc2CN2CCCCC2)c2ccccc2)c1. The number of anilines is 1. The van der Waals surface area contributed by atoms with Gasteiger partial charge in [0.05, 0.1) is 0 Å². The Morgan fingerprint density at radius 2 is 1.58 bits per heavy atom. The Labute approximate surface area is 198 Å². The maximum atomic E-state index is 13.4. The first-order valence-electron chi connectivity index (χ1n) is 12.1. The second-order valence-electron chi connectivity index (χ2n) is 9.14. The predicted molar refractivity (Wildman–Crippen MR) is 136 cm³/mol. The Kier molecular flexibility index (Phi) is 7.92. The van der Waals surface area contributed by atoms with Gasteiger partial charge in [-0.1, -0.05) is 73.2 Å². The largest absolute Gasteiger partial charge is 0.324 e. The highest BCUT2D eigenvalue weighted by molar-refractivity contribution is 5.96. The molecular formula is C29H35N3O. The van der Waals surface area contributed by atoms with E-state index in [2.05, 4.69) is 45.9 Å². The maximum Gasteiger partial charge on any atom is 0.246 e. The molecule has 33 heavy (non-hydrogen) atoms. The number of aryl methyl sites for hydroxylation is 2. The van der Waals surface area contributed by atoms with Gasteiger partial charge in [-0.15, -0.1) is 0 Å². The molecule has 0 radical (unpaired) electrons. The molecule has 1 amide bonds. The number of nitrogens with zero attached hydrogens (tertiary/aromatic N) is 1. The van der Waals surface area contributed by atoms with Gasteiger partial charge >= 0.3 is 0 Å². The van der Waals surface area contributed by atoms with Crippen LogP contribution in [0.3, 0.4) is 0 Å². The van der Waals surface area contributed by atoms with E-state index in [1.54, 1.807) is 0 Å². The Morgan fingerprint density at radius 3 is 2.33 bits per heavy atom. The monoisotopic (exact) mass is 441 g/mol. The van der Waals surface area contributed by atoms with Crippen LogP contribution < -0.4 is 10.6 Å². The molecule has 3 aromatic carbocycles. The Bertz CT molecular complexity index is 1060. The lowest BCUT2D eigenvalue weighted by Gasteiger charge is -2.27. The van der Waals surface area contributed by atoms with Crippen LogP contribution in [-0.4, -0.2) is 23.9 Å². The zero-order valence-corrected chi connectivity index (χ0v) is 19.8. The van der Waals surface area contributed by atoms with Crippen LogP contribution in [0.1, 0.15) is 53.1 Å². The van der Waals surface area contributed by atoms with Crippen molar-refractivity contribution in [3.63, 3.8) is 0 Å². The lowest BCUT2D eigenvalue weighted by molar-refractivity contribution is -0.118. The van der Waals surface area contributed by atoms with Gasteiger partial charge in [0.15, 0.2) is 0 Å². The van der Waals surface area contributed by atoms with Gasteiger partial charge in [-0.25, -0.2) is 0 Å². The van der Waals surface area contributed by atoms with Gasteiger partial charge in [0.1, 0.15) is 6.04 Å². The van der Waals surface area contributed by atoms with Gasteiger partial charge in [0.2, 0.25) is 5.91 Å². The second-order valence-corrected chi connectivity index (χ2v) is 9.14. The van der Waals surface area contributed by atoms with Crippen LogP contribution in [0.4, 0.5) is 5.69 Å². The molecule has 0 unspecified atom stereocenters. The number of nitrogens with one attached hydrogen (secondary N) is 2. The van der Waals surface area contributed by atoms with Crippen molar-refractivity contribution >= 4 is 11.6 Å². The molecule has 1 atom stereocenters. The Balaban J connectivity index is 1.51. The molecular weight excluding hydrogens is 406 g/mol. The summed E-state index contributed by atoms with van der Waals surface area (Å²) in [5.74, 6) is -0.0385. The van der Waals surface area contributed by atoms with E-state index in [0.717, 1.165) is 28.9 Å². The number of piperidine rings is 1. The summed E-state index contributed by atoms with van der Waals surface area (Å²) in [7, 11) is 0. The first kappa shape index (κ1) is 23.2. The van der Waals surface area contributed by atoms with E-state index in [4.69, 9.17) is 0 Å². The zero-order chi connectivity index (χ0) is 23.0. The molecule has 0 spiro atoms. The molecule has 1 saturated heterocycles. The summed E-state index contributed by atoms with van der Waals surface area (Å²) >= 11 is 0. The van der Waals surface area contributed by atoms with Gasteiger partial charge in [0, 0.05) is 18.8 Å². The van der Waals surface area contributed by atoms with E-state index in [1.807, 2.05) is 56.3 Å². The molecule has 2 N–H and O–H groups in total. The topological polar surface area (TPSA) is 44.4 Å². The third-order valence-corrected chi connectivity index (χ3v) is 6.50. The van der Waals surface area contributed by atoms with Gasteiger partial charge in [-0.3, -0.25) is 15.0 Å². The first-order valence-corrected chi connectivity index (χ1v) is 12.1. The van der Waals surface area contributed by atoms with E-state index in [0.29, 0.717) is 6.54 Å². The molecule has 4 heteroatoms. The summed E-state index contributed by atoms with van der Waals surface area (Å²) in [4.78, 5) is 16.0. The van der Waals surface area contributed by atoms with Gasteiger partial charge < -0.3 is 5.32 Å². The molecule has 4 rings (SSSR count). The number of benzene rings is 3. The molecule has 0 aromatic heterocycles. The molecule has 4 nitrogen and oxygen atoms in total. The van der Waals surface area contributed by atoms with Crippen molar-refractivity contribution < 1.29 is 4.79 Å². The van der Waals surface area contributed by atoms with Crippen molar-refractivity contribution in [2.75, 3.05) is 18.4 Å². The smallest absolute Gasteiger partial charge is 0.246 e. The van der Waals surface area contributed by atoms with Crippen LogP contribution in [0.15, 0.2) is 72.8 Å². The fourth-order valence-corrected chi connectivity index (χ4v) is 4.54. The zero-order valence-electron chi connectivity index (χ0n) is 19.8. The van der Waals surface area contributed by atoms with Crippen LogP contribution in [0, 0.1) is 13.8 Å². The summed E-state index contributed by atoms with van der Waals surface area (Å²) < 4.78 is 0. The first-order chi connectivity index (χ1) is 16.1. The minimum Gasteiger partial charge on any atom is -0.324 e. The van der Waals surface area contributed by atoms with Crippen LogP contribution in [0.25, 0.3) is 0 Å². The number of carbonyl (C=O) groups excluding carboxylic acids is 1. The molecule has 1 fully saturated rings. The highest BCUT2D eigenvalue weighted by atomic mass is 16.2. The lowest BCUT2D eigenvalue weighted by Crippen LogP contribution is -2.33. The number of amides is 1. The van der Waals surface area contributed by atoms with Gasteiger partial charge in [0.25, 0.3) is 0 Å². The van der Waals surface area contributed by atoms with E-state index >= 15 is 0 Å². The number of hydrogen-bond donors (Lipinski definition) is 2. The fourth-order valence-electron chi connectivity index (χ4n) is 4.54. The van der Waals surface area contributed by atoms with Gasteiger partial charge in [-0.2, -0.15) is 0 Å². The van der Waals surface area contributed by atoms with E-state index in [1.165, 1.54) is 43.5 Å². The van der Waals surface area contributed by atoms with E-state index < -0.39 is 6.04 Å². The summed E-state index contributed by atoms with van der Waals surface area (Å²) in [5, 5.41) is 6.71. The standard InChI is InChI=1S/C29H35N3O/c1-22-15-16-23(2)27(19-22)31-29(33)28(24-11-5-3-6-12-24)30-20-25-13-7-8-14-26(25)21-32-17-9-4-10-18-32/h3,5-8,11-16,19,28,30H,4,9-10,17-18,20-21H2,1-2H3,(H,31,33)/t28-/m1/s1. The average Bonchev–Trinajstić information content (AvgIpc) is 2.84. The van der Waals surface area contributed by atoms with Crippen molar-refractivity contribution in [2.45, 2.75) is 52.2 Å². The van der Waals surface area contributed by atoms with Crippen molar-refractivity contribution in [2.24, 2.45) is 0 Å². The fraction of sp³-hybridized carbons (Fsp3) is 0.345. The summed E-state index contributed by atoms with van der Waals surface area (Å²) in [6.07, 6.45) is 3.91. The maximum absolute atomic E-state index is 13.4. The molecule has 3 aromatic rings. The van der Waals surface area contributed by atoms with Crippen molar-refractivity contribution in [3.8, 4) is 0 Å². The molecule has 1 heterocycles. The third-order valence-electron chi connectivity index (χ3n) is 6.50. The number of carbonyl (C=O) groups is 1. The average molecular weight is 442 g/mol. The summed E-state index contributed by atoms with van der Waals surface area (Å²) in [6, 6.07) is 24.3. The third kappa shape index (κ3) is 6.31. The molecule has 172 valence electrons. The van der Waals surface area contributed by atoms with Gasteiger partial charge in [-0.05, 0) is 73.7 Å². The number of likely N-dealkylation sites (tertiary alicyclic amines) is 1. The molecule has 1 aliphatic rings. The number of hydrogen-bond acceptors (Lipinski definition) is 3. The van der Waals surface area contributed by atoms with Crippen LogP contribution in [-0.2, 0) is 17.9 Å². The quantitative estimate of drug-likeness (QED) is 0.467. The highest BCUT2D eigenvalue weighted by Gasteiger charge is 2.21. The summed E-state index contributed by atoms with van der Waals surface area (Å²) in [5.41, 5.74) is 6.62. The Morgan fingerprint density at radius 1 is 0.879 bits per heavy atom. The normalized spacial score (nSPS) is 15.2. The van der Waals surface area contributed by atoms with E-state index in [-0.39, 0.29) is 5.91 Å². The second kappa shape index (κ2) is 11.3. The lowest BCUT2D eigenvalue weighted by atomic mass is 10.0. The Hall–Kier alpha value is -2.95. The summed E-state index contributed by atoms with van der Waals surface area (Å²) in [6.45, 7) is 8.03. The molecule has 1 aliphatic heterocycles. The van der Waals surface area contributed by atoms with Crippen molar-refractivity contribution in [1.29, 1.82) is 0 Å².